The summed E-state index contributed by atoms with van der Waals surface area (Å²) in [5, 5.41) is 11.9. The number of aliphatic carboxylic acids is 1. The van der Waals surface area contributed by atoms with Gasteiger partial charge in [-0.1, -0.05) is 0 Å². The minimum absolute atomic E-state index is 0.101. The first-order valence-electron chi connectivity index (χ1n) is 4.48. The van der Waals surface area contributed by atoms with E-state index in [1.807, 2.05) is 0 Å². The second-order valence-corrected chi connectivity index (χ2v) is 3.14. The van der Waals surface area contributed by atoms with Gasteiger partial charge in [0.2, 0.25) is 0 Å². The number of benzene rings is 1. The van der Waals surface area contributed by atoms with E-state index in [2.05, 4.69) is 5.29 Å². The Hall–Kier alpha value is -2.24. The molecule has 0 aromatic heterocycles. The fourth-order valence-electron chi connectivity index (χ4n) is 1.16. The Morgan fingerprint density at radius 1 is 1.31 bits per heavy atom. The monoisotopic (exact) mass is 222 g/mol. The third-order valence-corrected chi connectivity index (χ3v) is 1.96. The number of ketones is 1. The summed E-state index contributed by atoms with van der Waals surface area (Å²) >= 11 is 0. The number of carboxylic acids is 1. The molecule has 0 fully saturated rings. The Bertz CT molecular complexity index is 413. The van der Waals surface area contributed by atoms with Crippen molar-refractivity contribution in [1.29, 1.82) is 0 Å². The summed E-state index contributed by atoms with van der Waals surface area (Å²) in [5.74, 6) is -1.26. The summed E-state index contributed by atoms with van der Waals surface area (Å²) in [6, 6.07) is 5.97. The molecule has 0 radical (unpaired) electrons. The molecule has 0 aliphatic rings. The maximum Gasteiger partial charge on any atom is 0.325 e. The molecule has 84 valence electrons. The van der Waals surface area contributed by atoms with Crippen molar-refractivity contribution in [2.75, 3.05) is 11.6 Å². The molecule has 0 bridgehead atoms. The highest BCUT2D eigenvalue weighted by Gasteiger charge is 2.11. The van der Waals surface area contributed by atoms with Crippen LogP contribution in [0.4, 0.5) is 5.69 Å². The Labute approximate surface area is 91.4 Å². The van der Waals surface area contributed by atoms with Crippen LogP contribution in [0.2, 0.25) is 0 Å². The highest BCUT2D eigenvalue weighted by atomic mass is 16.4. The quantitative estimate of drug-likeness (QED) is 0.463. The molecular formula is C10H10N2O4. The van der Waals surface area contributed by atoms with Crippen LogP contribution in [0.3, 0.4) is 0 Å². The Balaban J connectivity index is 2.90. The van der Waals surface area contributed by atoms with Crippen LogP contribution in [-0.4, -0.2) is 23.4 Å². The van der Waals surface area contributed by atoms with Gasteiger partial charge in [-0.3, -0.25) is 9.59 Å². The molecule has 0 heterocycles. The second kappa shape index (κ2) is 5.01. The predicted octanol–water partition coefficient (Wildman–Crippen LogP) is 1.46. The lowest BCUT2D eigenvalue weighted by Crippen LogP contribution is -2.23. The molecule has 1 rings (SSSR count). The normalized spacial score (nSPS) is 9.56. The number of rotatable bonds is 5. The largest absolute Gasteiger partial charge is 0.480 e. The fourth-order valence-corrected chi connectivity index (χ4v) is 1.16. The number of hydrogen-bond donors (Lipinski definition) is 1. The molecule has 0 saturated carbocycles. The fraction of sp³-hybridized carbons (Fsp3) is 0.200. The molecule has 0 atom stereocenters. The van der Waals surface area contributed by atoms with E-state index in [0.717, 1.165) is 5.01 Å². The molecule has 6 heteroatoms. The molecule has 16 heavy (non-hydrogen) atoms. The van der Waals surface area contributed by atoms with E-state index in [9.17, 15) is 14.5 Å². The maximum atomic E-state index is 11.0. The van der Waals surface area contributed by atoms with E-state index in [0.29, 0.717) is 11.3 Å². The Kier molecular flexibility index (Phi) is 3.71. The third-order valence-electron chi connectivity index (χ3n) is 1.96. The summed E-state index contributed by atoms with van der Waals surface area (Å²) in [6.07, 6.45) is 0. The lowest BCUT2D eigenvalue weighted by Gasteiger charge is -2.12. The highest BCUT2D eigenvalue weighted by molar-refractivity contribution is 5.94. The number of hydrogen-bond acceptors (Lipinski definition) is 4. The molecule has 1 aromatic carbocycles. The van der Waals surface area contributed by atoms with Crippen molar-refractivity contribution in [3.05, 3.63) is 34.7 Å². The van der Waals surface area contributed by atoms with Crippen LogP contribution in [0, 0.1) is 4.91 Å². The number of nitrogens with zero attached hydrogens (tertiary/aromatic N) is 2. The van der Waals surface area contributed by atoms with Crippen LogP contribution in [-0.2, 0) is 4.79 Å². The molecule has 0 spiro atoms. The molecule has 6 nitrogen and oxygen atoms in total. The summed E-state index contributed by atoms with van der Waals surface area (Å²) in [5.41, 5.74) is 0.826. The molecule has 0 amide bonds. The van der Waals surface area contributed by atoms with Crippen LogP contribution in [0.1, 0.15) is 17.3 Å². The number of nitroso groups, excluding NO2 is 1. The molecule has 0 unspecified atom stereocenters. The average Bonchev–Trinajstić information content (AvgIpc) is 2.25. The summed E-state index contributed by atoms with van der Waals surface area (Å²) in [6.45, 7) is 0.908. The first-order chi connectivity index (χ1) is 7.54. The van der Waals surface area contributed by atoms with Gasteiger partial charge in [-0.25, -0.2) is 5.01 Å². The molecule has 1 aromatic rings. The van der Waals surface area contributed by atoms with Crippen LogP contribution in [0.15, 0.2) is 29.6 Å². The standard InChI is InChI=1S/C10H10N2O4/c1-7(13)8-2-4-9(5-3-8)12(11-16)6-10(14)15/h2-5H,6H2,1H3,(H,14,15). The first kappa shape index (κ1) is 11.8. The average molecular weight is 222 g/mol. The summed E-state index contributed by atoms with van der Waals surface area (Å²) in [7, 11) is 0. The lowest BCUT2D eigenvalue weighted by molar-refractivity contribution is -0.135. The number of Topliss-reactive ketones (excluding diaryl/α,β-unsaturated/α-hetero) is 1. The zero-order chi connectivity index (χ0) is 12.1. The van der Waals surface area contributed by atoms with Crippen molar-refractivity contribution < 1.29 is 14.7 Å². The zero-order valence-corrected chi connectivity index (χ0v) is 8.58. The van der Waals surface area contributed by atoms with Crippen LogP contribution in [0.25, 0.3) is 0 Å². The van der Waals surface area contributed by atoms with Gasteiger partial charge in [0, 0.05) is 5.56 Å². The van der Waals surface area contributed by atoms with Crippen LogP contribution >= 0.6 is 0 Å². The van der Waals surface area contributed by atoms with Crippen molar-refractivity contribution >= 4 is 17.4 Å². The molecule has 0 saturated heterocycles. The van der Waals surface area contributed by atoms with Gasteiger partial charge in [0.05, 0.1) is 11.0 Å². The minimum atomic E-state index is -1.16. The molecular weight excluding hydrogens is 212 g/mol. The van der Waals surface area contributed by atoms with Crippen LogP contribution < -0.4 is 5.01 Å². The van der Waals surface area contributed by atoms with Gasteiger partial charge in [0.25, 0.3) is 0 Å². The molecule has 1 N–H and O–H groups in total. The summed E-state index contributed by atoms with van der Waals surface area (Å²) < 4.78 is 0. The van der Waals surface area contributed by atoms with E-state index in [1.54, 1.807) is 0 Å². The van der Waals surface area contributed by atoms with E-state index >= 15 is 0 Å². The second-order valence-electron chi connectivity index (χ2n) is 3.14. The van der Waals surface area contributed by atoms with E-state index in [-0.39, 0.29) is 5.78 Å². The Morgan fingerprint density at radius 3 is 2.25 bits per heavy atom. The van der Waals surface area contributed by atoms with Crippen LogP contribution in [0.5, 0.6) is 0 Å². The van der Waals surface area contributed by atoms with Gasteiger partial charge in [-0.05, 0) is 31.2 Å². The van der Waals surface area contributed by atoms with Gasteiger partial charge in [0.15, 0.2) is 5.78 Å². The number of anilines is 1. The SMILES string of the molecule is CC(=O)c1ccc(N(CC(=O)O)N=O)cc1. The smallest absolute Gasteiger partial charge is 0.325 e. The van der Waals surface area contributed by atoms with Gasteiger partial charge in [0.1, 0.15) is 6.54 Å². The van der Waals surface area contributed by atoms with Gasteiger partial charge < -0.3 is 5.11 Å². The van der Waals surface area contributed by atoms with Gasteiger partial charge in [-0.15, -0.1) is 4.91 Å². The third kappa shape index (κ3) is 2.88. The van der Waals surface area contributed by atoms with Crippen molar-refractivity contribution in [1.82, 2.24) is 0 Å². The van der Waals surface area contributed by atoms with Crippen molar-refractivity contribution in [2.45, 2.75) is 6.92 Å². The van der Waals surface area contributed by atoms with E-state index in [1.165, 1.54) is 31.2 Å². The number of carbonyl (C=O) groups is 2. The maximum absolute atomic E-state index is 11.0. The molecule has 0 aliphatic carbocycles. The number of carbonyl (C=O) groups excluding carboxylic acids is 1. The van der Waals surface area contributed by atoms with E-state index in [4.69, 9.17) is 5.11 Å². The summed E-state index contributed by atoms with van der Waals surface area (Å²) in [4.78, 5) is 31.8. The minimum Gasteiger partial charge on any atom is -0.480 e. The van der Waals surface area contributed by atoms with Crippen molar-refractivity contribution in [3.8, 4) is 0 Å². The number of carboxylic acid groups (broad SMARTS) is 1. The first-order valence-corrected chi connectivity index (χ1v) is 4.48. The molecule has 0 aliphatic heterocycles. The zero-order valence-electron chi connectivity index (χ0n) is 8.58. The van der Waals surface area contributed by atoms with Gasteiger partial charge in [-0.2, -0.15) is 0 Å². The van der Waals surface area contributed by atoms with E-state index < -0.39 is 12.5 Å². The Morgan fingerprint density at radius 2 is 1.88 bits per heavy atom. The van der Waals surface area contributed by atoms with Gasteiger partial charge >= 0.3 is 5.97 Å². The highest BCUT2D eigenvalue weighted by Crippen LogP contribution is 2.15. The lowest BCUT2D eigenvalue weighted by atomic mass is 10.1. The van der Waals surface area contributed by atoms with Crippen molar-refractivity contribution in [2.24, 2.45) is 5.29 Å². The topological polar surface area (TPSA) is 87.0 Å². The predicted molar refractivity (Wildman–Crippen MR) is 57.2 cm³/mol. The van der Waals surface area contributed by atoms with Crippen molar-refractivity contribution in [3.63, 3.8) is 0 Å².